The maximum atomic E-state index is 4.84. The standard InChI is InChI=1S/C18H31N3/c1-6-18(5)10-12-21(13-11-18)16-9-7-8-15(20-16)14-19-17(2,3)4/h7-9,19H,6,10-14H2,1-5H3. The molecule has 0 spiro atoms. The Hall–Kier alpha value is -1.09. The first kappa shape index (κ1) is 16.3. The van der Waals surface area contributed by atoms with Crippen molar-refractivity contribution < 1.29 is 0 Å². The van der Waals surface area contributed by atoms with Crippen LogP contribution in [0.25, 0.3) is 0 Å². The van der Waals surface area contributed by atoms with E-state index >= 15 is 0 Å². The third-order valence-corrected chi connectivity index (χ3v) is 4.74. The van der Waals surface area contributed by atoms with E-state index < -0.39 is 0 Å². The fraction of sp³-hybridized carbons (Fsp3) is 0.722. The first-order valence-electron chi connectivity index (χ1n) is 8.27. The first-order valence-corrected chi connectivity index (χ1v) is 8.27. The Kier molecular flexibility index (Phi) is 4.92. The molecule has 1 aromatic rings. The summed E-state index contributed by atoms with van der Waals surface area (Å²) in [6, 6.07) is 6.40. The molecular formula is C18H31N3. The van der Waals surface area contributed by atoms with Crippen molar-refractivity contribution in [2.45, 2.75) is 66.0 Å². The van der Waals surface area contributed by atoms with E-state index in [0.29, 0.717) is 5.41 Å². The number of rotatable bonds is 4. The normalized spacial score (nSPS) is 18.8. The topological polar surface area (TPSA) is 28.2 Å². The van der Waals surface area contributed by atoms with Crippen molar-refractivity contribution in [2.24, 2.45) is 5.41 Å². The van der Waals surface area contributed by atoms with Crippen molar-refractivity contribution in [3.63, 3.8) is 0 Å². The number of piperidine rings is 1. The van der Waals surface area contributed by atoms with Gasteiger partial charge in [0.05, 0.1) is 5.69 Å². The average Bonchev–Trinajstić information content (AvgIpc) is 2.46. The molecule has 2 rings (SSSR count). The number of nitrogens with zero attached hydrogens (tertiary/aromatic N) is 2. The molecule has 0 aliphatic carbocycles. The molecule has 3 heteroatoms. The Morgan fingerprint density at radius 2 is 1.90 bits per heavy atom. The van der Waals surface area contributed by atoms with Gasteiger partial charge in [-0.3, -0.25) is 0 Å². The molecule has 0 amide bonds. The van der Waals surface area contributed by atoms with Gasteiger partial charge in [0, 0.05) is 25.2 Å². The van der Waals surface area contributed by atoms with E-state index in [9.17, 15) is 0 Å². The van der Waals surface area contributed by atoms with E-state index in [1.165, 1.54) is 19.3 Å². The van der Waals surface area contributed by atoms with Gasteiger partial charge in [0.2, 0.25) is 0 Å². The summed E-state index contributed by atoms with van der Waals surface area (Å²) in [6.45, 7) is 14.4. The SMILES string of the molecule is CCC1(C)CCN(c2cccc(CNC(C)(C)C)n2)CC1. The van der Waals surface area contributed by atoms with Gasteiger partial charge < -0.3 is 10.2 Å². The van der Waals surface area contributed by atoms with E-state index in [1.54, 1.807) is 0 Å². The van der Waals surface area contributed by atoms with Gasteiger partial charge in [-0.1, -0.05) is 26.3 Å². The number of aromatic nitrogens is 1. The van der Waals surface area contributed by atoms with E-state index in [-0.39, 0.29) is 5.54 Å². The number of hydrogen-bond donors (Lipinski definition) is 1. The lowest BCUT2D eigenvalue weighted by molar-refractivity contribution is 0.237. The molecule has 3 nitrogen and oxygen atoms in total. The lowest BCUT2D eigenvalue weighted by Crippen LogP contribution is -2.39. The van der Waals surface area contributed by atoms with Gasteiger partial charge in [-0.15, -0.1) is 0 Å². The van der Waals surface area contributed by atoms with Crippen molar-refractivity contribution in [1.82, 2.24) is 10.3 Å². The molecular weight excluding hydrogens is 258 g/mol. The summed E-state index contributed by atoms with van der Waals surface area (Å²) in [6.07, 6.45) is 3.83. The molecule has 21 heavy (non-hydrogen) atoms. The molecule has 0 atom stereocenters. The Morgan fingerprint density at radius 1 is 1.24 bits per heavy atom. The third kappa shape index (κ3) is 4.70. The van der Waals surface area contributed by atoms with Gasteiger partial charge in [0.25, 0.3) is 0 Å². The molecule has 2 heterocycles. The monoisotopic (exact) mass is 289 g/mol. The summed E-state index contributed by atoms with van der Waals surface area (Å²) in [5, 5.41) is 3.51. The van der Waals surface area contributed by atoms with Crippen molar-refractivity contribution in [1.29, 1.82) is 0 Å². The molecule has 0 radical (unpaired) electrons. The van der Waals surface area contributed by atoms with Gasteiger partial charge in [0.15, 0.2) is 0 Å². The summed E-state index contributed by atoms with van der Waals surface area (Å²) < 4.78 is 0. The molecule has 0 unspecified atom stereocenters. The molecule has 0 saturated carbocycles. The van der Waals surface area contributed by atoms with Gasteiger partial charge in [-0.25, -0.2) is 4.98 Å². The first-order chi connectivity index (χ1) is 9.81. The van der Waals surface area contributed by atoms with Crippen LogP contribution < -0.4 is 10.2 Å². The van der Waals surface area contributed by atoms with Crippen molar-refractivity contribution >= 4 is 5.82 Å². The number of pyridine rings is 1. The lowest BCUT2D eigenvalue weighted by atomic mass is 9.78. The predicted molar refractivity (Wildman–Crippen MR) is 90.7 cm³/mol. The average molecular weight is 289 g/mol. The number of nitrogens with one attached hydrogen (secondary N) is 1. The lowest BCUT2D eigenvalue weighted by Gasteiger charge is -2.39. The summed E-state index contributed by atoms with van der Waals surface area (Å²) in [5.41, 5.74) is 1.79. The van der Waals surface area contributed by atoms with Crippen LogP contribution in [0, 0.1) is 5.41 Å². The molecule has 0 bridgehead atoms. The van der Waals surface area contributed by atoms with Crippen LogP contribution in [0.4, 0.5) is 5.82 Å². The van der Waals surface area contributed by atoms with Crippen molar-refractivity contribution in [3.05, 3.63) is 23.9 Å². The second-order valence-electron chi connectivity index (χ2n) is 7.74. The van der Waals surface area contributed by atoms with Crippen LogP contribution in [0.1, 0.15) is 59.6 Å². The summed E-state index contributed by atoms with van der Waals surface area (Å²) in [5.74, 6) is 1.14. The Labute approximate surface area is 130 Å². The zero-order valence-electron chi connectivity index (χ0n) is 14.4. The second kappa shape index (κ2) is 6.35. The van der Waals surface area contributed by atoms with E-state index in [0.717, 1.165) is 31.1 Å². The van der Waals surface area contributed by atoms with Crippen LogP contribution in [-0.4, -0.2) is 23.6 Å². The highest BCUT2D eigenvalue weighted by Gasteiger charge is 2.28. The van der Waals surface area contributed by atoms with Crippen LogP contribution in [0.3, 0.4) is 0 Å². The van der Waals surface area contributed by atoms with Gasteiger partial charge >= 0.3 is 0 Å². The summed E-state index contributed by atoms with van der Waals surface area (Å²) in [4.78, 5) is 7.28. The fourth-order valence-electron chi connectivity index (χ4n) is 2.73. The Balaban J connectivity index is 1.98. The summed E-state index contributed by atoms with van der Waals surface area (Å²) in [7, 11) is 0. The van der Waals surface area contributed by atoms with Crippen LogP contribution in [-0.2, 0) is 6.54 Å². The molecule has 1 N–H and O–H groups in total. The molecule has 1 aliphatic heterocycles. The Morgan fingerprint density at radius 3 is 2.48 bits per heavy atom. The predicted octanol–water partition coefficient (Wildman–Crippen LogP) is 3.99. The minimum absolute atomic E-state index is 0.131. The molecule has 1 aromatic heterocycles. The smallest absolute Gasteiger partial charge is 0.128 e. The van der Waals surface area contributed by atoms with E-state index in [1.807, 2.05) is 0 Å². The van der Waals surface area contributed by atoms with E-state index in [2.05, 4.69) is 63.0 Å². The maximum Gasteiger partial charge on any atom is 0.128 e. The highest BCUT2D eigenvalue weighted by molar-refractivity contribution is 5.40. The van der Waals surface area contributed by atoms with Crippen molar-refractivity contribution in [3.8, 4) is 0 Å². The van der Waals surface area contributed by atoms with Crippen LogP contribution in [0.5, 0.6) is 0 Å². The molecule has 0 aromatic carbocycles. The third-order valence-electron chi connectivity index (χ3n) is 4.74. The molecule has 1 saturated heterocycles. The van der Waals surface area contributed by atoms with E-state index in [4.69, 9.17) is 4.98 Å². The molecule has 1 aliphatic rings. The fourth-order valence-corrected chi connectivity index (χ4v) is 2.73. The number of hydrogen-bond acceptors (Lipinski definition) is 3. The zero-order valence-corrected chi connectivity index (χ0v) is 14.4. The highest BCUT2D eigenvalue weighted by atomic mass is 15.2. The van der Waals surface area contributed by atoms with Gasteiger partial charge in [-0.05, 0) is 51.2 Å². The summed E-state index contributed by atoms with van der Waals surface area (Å²) >= 11 is 0. The largest absolute Gasteiger partial charge is 0.357 e. The zero-order chi connectivity index (χ0) is 15.5. The van der Waals surface area contributed by atoms with Crippen LogP contribution in [0.2, 0.25) is 0 Å². The highest BCUT2D eigenvalue weighted by Crippen LogP contribution is 2.35. The Bertz CT molecular complexity index is 454. The van der Waals surface area contributed by atoms with Gasteiger partial charge in [-0.2, -0.15) is 0 Å². The molecule has 118 valence electrons. The maximum absolute atomic E-state index is 4.84. The van der Waals surface area contributed by atoms with Gasteiger partial charge in [0.1, 0.15) is 5.82 Å². The second-order valence-corrected chi connectivity index (χ2v) is 7.74. The quantitative estimate of drug-likeness (QED) is 0.908. The molecule has 1 fully saturated rings. The van der Waals surface area contributed by atoms with Crippen LogP contribution >= 0.6 is 0 Å². The number of anilines is 1. The minimum Gasteiger partial charge on any atom is -0.357 e. The van der Waals surface area contributed by atoms with Crippen molar-refractivity contribution in [2.75, 3.05) is 18.0 Å². The minimum atomic E-state index is 0.131. The van der Waals surface area contributed by atoms with Crippen LogP contribution in [0.15, 0.2) is 18.2 Å².